The van der Waals surface area contributed by atoms with Gasteiger partial charge in [-0.1, -0.05) is 23.2 Å². The van der Waals surface area contributed by atoms with Crippen molar-refractivity contribution >= 4 is 37.5 Å². The van der Waals surface area contributed by atoms with E-state index in [1.807, 2.05) is 0 Å². The fraction of sp³-hybridized carbons (Fsp3) is 0. The maximum Gasteiger partial charge on any atom is 0.124 e. The van der Waals surface area contributed by atoms with Gasteiger partial charge in [0.25, 0.3) is 0 Å². The molecule has 0 bridgehead atoms. The van der Waals surface area contributed by atoms with Crippen LogP contribution in [0.25, 0.3) is 5.03 Å². The monoisotopic (exact) mass is 222 g/mol. The highest BCUT2D eigenvalue weighted by Gasteiger charge is 2.03. The normalized spacial score (nSPS) is 11.8. The molecule has 0 saturated carbocycles. The highest BCUT2D eigenvalue weighted by Crippen LogP contribution is 2.28. The lowest BCUT2D eigenvalue weighted by Gasteiger charge is -2.00. The number of benzene rings is 1. The van der Waals surface area contributed by atoms with E-state index in [1.54, 1.807) is 11.9 Å². The average Bonchev–Trinajstić information content (AvgIpc) is 2.03. The molecule has 0 nitrogen and oxygen atoms in total. The standard InChI is InChI=1S/C8H6Cl2FP/c9-7-3-5(11)1-2-6(7)8(10)4-12/h1-4H,12H2. The number of rotatable bonds is 1. The van der Waals surface area contributed by atoms with Crippen LogP contribution in [0, 0.1) is 5.82 Å². The van der Waals surface area contributed by atoms with E-state index in [4.69, 9.17) is 23.2 Å². The zero-order chi connectivity index (χ0) is 9.14. The van der Waals surface area contributed by atoms with Crippen molar-refractivity contribution in [3.05, 3.63) is 40.4 Å². The molecule has 0 spiro atoms. The molecule has 1 aromatic carbocycles. The summed E-state index contributed by atoms with van der Waals surface area (Å²) in [5.41, 5.74) is 0.634. The van der Waals surface area contributed by atoms with Crippen LogP contribution in [0.1, 0.15) is 5.56 Å². The van der Waals surface area contributed by atoms with Gasteiger partial charge in [-0.3, -0.25) is 0 Å². The molecule has 1 aromatic rings. The Hall–Kier alpha value is -0.100. The van der Waals surface area contributed by atoms with Gasteiger partial charge in [-0.05, 0) is 24.0 Å². The largest absolute Gasteiger partial charge is 0.207 e. The van der Waals surface area contributed by atoms with Crippen molar-refractivity contribution in [2.24, 2.45) is 0 Å². The van der Waals surface area contributed by atoms with E-state index in [2.05, 4.69) is 9.24 Å². The zero-order valence-corrected chi connectivity index (χ0v) is 8.69. The maximum absolute atomic E-state index is 12.6. The van der Waals surface area contributed by atoms with Crippen molar-refractivity contribution in [1.82, 2.24) is 0 Å². The SMILES string of the molecule is Fc1ccc(C(Cl)=CP)c(Cl)c1. The summed E-state index contributed by atoms with van der Waals surface area (Å²) < 4.78 is 12.6. The lowest BCUT2D eigenvalue weighted by atomic mass is 10.2. The van der Waals surface area contributed by atoms with Gasteiger partial charge in [0.2, 0.25) is 0 Å². The van der Waals surface area contributed by atoms with E-state index in [0.717, 1.165) is 0 Å². The first-order valence-corrected chi connectivity index (χ1v) is 4.60. The molecular formula is C8H6Cl2FP. The van der Waals surface area contributed by atoms with Gasteiger partial charge in [-0.2, -0.15) is 0 Å². The second-order valence-electron chi connectivity index (χ2n) is 2.14. The zero-order valence-electron chi connectivity index (χ0n) is 6.02. The first kappa shape index (κ1) is 9.98. The molecule has 0 radical (unpaired) electrons. The molecule has 4 heteroatoms. The van der Waals surface area contributed by atoms with Crippen LogP contribution in [0.15, 0.2) is 24.0 Å². The number of halogens is 3. The quantitative estimate of drug-likeness (QED) is 0.633. The van der Waals surface area contributed by atoms with E-state index >= 15 is 0 Å². The molecule has 0 fully saturated rings. The smallest absolute Gasteiger partial charge is 0.124 e. The van der Waals surface area contributed by atoms with Crippen LogP contribution in [0.5, 0.6) is 0 Å². The first-order valence-electron chi connectivity index (χ1n) is 3.18. The van der Waals surface area contributed by atoms with E-state index in [0.29, 0.717) is 15.6 Å². The van der Waals surface area contributed by atoms with Crippen LogP contribution < -0.4 is 0 Å². The molecule has 0 aliphatic carbocycles. The average molecular weight is 223 g/mol. The summed E-state index contributed by atoms with van der Waals surface area (Å²) in [6.45, 7) is 0. The van der Waals surface area contributed by atoms with Gasteiger partial charge in [0.05, 0.1) is 5.02 Å². The Labute approximate surface area is 82.6 Å². The Morgan fingerprint density at radius 3 is 2.67 bits per heavy atom. The Kier molecular flexibility index (Phi) is 3.52. The van der Waals surface area contributed by atoms with Crippen LogP contribution in [0.3, 0.4) is 0 Å². The number of hydrogen-bond acceptors (Lipinski definition) is 0. The molecular weight excluding hydrogens is 217 g/mol. The molecule has 64 valence electrons. The van der Waals surface area contributed by atoms with Gasteiger partial charge in [0, 0.05) is 10.6 Å². The van der Waals surface area contributed by atoms with E-state index in [1.165, 1.54) is 12.1 Å². The summed E-state index contributed by atoms with van der Waals surface area (Å²) in [7, 11) is 2.36. The molecule has 12 heavy (non-hydrogen) atoms. The minimum absolute atomic E-state index is 0.318. The number of hydrogen-bond donors (Lipinski definition) is 0. The summed E-state index contributed by atoms with van der Waals surface area (Å²) in [5, 5.41) is 0.809. The second kappa shape index (κ2) is 4.23. The Balaban J connectivity index is 3.18. The fourth-order valence-corrected chi connectivity index (χ4v) is 1.43. The predicted octanol–water partition coefficient (Wildman–Crippen LogP) is 3.89. The highest BCUT2D eigenvalue weighted by molar-refractivity contribution is 7.21. The third-order valence-corrected chi connectivity index (χ3v) is 2.52. The van der Waals surface area contributed by atoms with Crippen LogP contribution in [0.4, 0.5) is 4.39 Å². The van der Waals surface area contributed by atoms with E-state index < -0.39 is 0 Å². The van der Waals surface area contributed by atoms with Crippen LogP contribution >= 0.6 is 32.4 Å². The molecule has 0 N–H and O–H groups in total. The Morgan fingerprint density at radius 2 is 2.17 bits per heavy atom. The van der Waals surface area contributed by atoms with Crippen molar-refractivity contribution in [1.29, 1.82) is 0 Å². The third-order valence-electron chi connectivity index (χ3n) is 1.33. The molecule has 0 aliphatic heterocycles. The third kappa shape index (κ3) is 2.20. The minimum Gasteiger partial charge on any atom is -0.207 e. The lowest BCUT2D eigenvalue weighted by Crippen LogP contribution is -1.80. The van der Waals surface area contributed by atoms with Crippen molar-refractivity contribution < 1.29 is 4.39 Å². The fourth-order valence-electron chi connectivity index (χ4n) is 0.773. The van der Waals surface area contributed by atoms with Gasteiger partial charge in [0.15, 0.2) is 0 Å². The van der Waals surface area contributed by atoms with Gasteiger partial charge in [-0.25, -0.2) is 4.39 Å². The van der Waals surface area contributed by atoms with Gasteiger partial charge in [0.1, 0.15) is 5.82 Å². The van der Waals surface area contributed by atoms with Crippen LogP contribution in [-0.2, 0) is 0 Å². The predicted molar refractivity (Wildman–Crippen MR) is 55.0 cm³/mol. The maximum atomic E-state index is 12.6. The first-order chi connectivity index (χ1) is 5.65. The van der Waals surface area contributed by atoms with Crippen molar-refractivity contribution in [2.45, 2.75) is 0 Å². The van der Waals surface area contributed by atoms with Crippen LogP contribution in [-0.4, -0.2) is 0 Å². The van der Waals surface area contributed by atoms with Crippen molar-refractivity contribution in [2.75, 3.05) is 0 Å². The highest BCUT2D eigenvalue weighted by atomic mass is 35.5. The molecule has 0 heterocycles. The van der Waals surface area contributed by atoms with Crippen LogP contribution in [0.2, 0.25) is 5.02 Å². The molecule has 0 saturated heterocycles. The van der Waals surface area contributed by atoms with E-state index in [9.17, 15) is 4.39 Å². The van der Waals surface area contributed by atoms with Gasteiger partial charge < -0.3 is 0 Å². The summed E-state index contributed by atoms with van der Waals surface area (Å²) >= 11 is 11.5. The minimum atomic E-state index is -0.364. The molecule has 1 unspecified atom stereocenters. The van der Waals surface area contributed by atoms with Gasteiger partial charge in [-0.15, -0.1) is 9.24 Å². The second-order valence-corrected chi connectivity index (χ2v) is 3.29. The molecule has 0 aliphatic rings. The summed E-state index contributed by atoms with van der Waals surface area (Å²) in [4.78, 5) is 0. The summed E-state index contributed by atoms with van der Waals surface area (Å²) in [6, 6.07) is 4.09. The van der Waals surface area contributed by atoms with Crippen molar-refractivity contribution in [3.8, 4) is 0 Å². The topological polar surface area (TPSA) is 0 Å². The van der Waals surface area contributed by atoms with Gasteiger partial charge >= 0.3 is 0 Å². The molecule has 0 aromatic heterocycles. The van der Waals surface area contributed by atoms with E-state index in [-0.39, 0.29) is 5.82 Å². The lowest BCUT2D eigenvalue weighted by molar-refractivity contribution is 0.628. The Morgan fingerprint density at radius 1 is 1.50 bits per heavy atom. The summed E-state index contributed by atoms with van der Waals surface area (Å²) in [6.07, 6.45) is 0. The van der Waals surface area contributed by atoms with Crippen molar-refractivity contribution in [3.63, 3.8) is 0 Å². The molecule has 0 amide bonds. The molecule has 1 rings (SSSR count). The Bertz CT molecular complexity index is 323. The summed E-state index contributed by atoms with van der Waals surface area (Å²) in [5.74, 6) is 1.26. The molecule has 1 atom stereocenters.